The van der Waals surface area contributed by atoms with Gasteiger partial charge in [0.15, 0.2) is 6.61 Å². The van der Waals surface area contributed by atoms with Crippen LogP contribution >= 0.6 is 23.5 Å². The van der Waals surface area contributed by atoms with Crippen LogP contribution in [0.3, 0.4) is 0 Å². The summed E-state index contributed by atoms with van der Waals surface area (Å²) >= 11 is 2.69. The molecule has 0 saturated heterocycles. The summed E-state index contributed by atoms with van der Waals surface area (Å²) in [6.07, 6.45) is 0. The van der Waals surface area contributed by atoms with E-state index in [0.29, 0.717) is 5.75 Å². The van der Waals surface area contributed by atoms with E-state index in [1.165, 1.54) is 34.3 Å². The molecule has 3 N–H and O–H groups in total. The maximum absolute atomic E-state index is 10.4. The third kappa shape index (κ3) is 10.9. The van der Waals surface area contributed by atoms with Crippen LogP contribution in [0.2, 0.25) is 0 Å². The Morgan fingerprint density at radius 2 is 0.844 bits per heavy atom. The highest BCUT2D eigenvalue weighted by Crippen LogP contribution is 2.24. The van der Waals surface area contributed by atoms with Crippen LogP contribution in [0, 0.1) is 0 Å². The number of carboxylic acid groups (broad SMARTS) is 3. The first-order chi connectivity index (χ1) is 21.8. The van der Waals surface area contributed by atoms with Crippen molar-refractivity contribution in [1.82, 2.24) is 0 Å². The first kappa shape index (κ1) is 32.9. The average Bonchev–Trinajstić information content (AvgIpc) is 3.05. The Kier molecular flexibility index (Phi) is 12.2. The predicted molar refractivity (Wildman–Crippen MR) is 182 cm³/mol. The monoisotopic (exact) mass is 638 g/mol. The quantitative estimate of drug-likeness (QED) is 0.134. The van der Waals surface area contributed by atoms with Crippen LogP contribution in [0.5, 0.6) is 5.75 Å². The number of hydrogen-bond donors (Lipinski definition) is 3. The van der Waals surface area contributed by atoms with Crippen molar-refractivity contribution in [3.8, 4) is 5.75 Å². The minimum absolute atomic E-state index is 0.109. The van der Waals surface area contributed by atoms with Crippen molar-refractivity contribution in [2.24, 2.45) is 0 Å². The van der Waals surface area contributed by atoms with Gasteiger partial charge in [-0.25, -0.2) is 4.79 Å². The smallest absolute Gasteiger partial charge is 0.341 e. The summed E-state index contributed by atoms with van der Waals surface area (Å²) in [7, 11) is 0. The Balaban J connectivity index is 0.000000154. The van der Waals surface area contributed by atoms with Crippen LogP contribution in [-0.2, 0) is 14.4 Å². The molecular weight excluding hydrogens is 609 g/mol. The number of aliphatic carboxylic acids is 3. The minimum atomic E-state index is -0.969. The topological polar surface area (TPSA) is 121 Å². The second-order valence-electron chi connectivity index (χ2n) is 9.57. The first-order valence-corrected chi connectivity index (χ1v) is 15.7. The fourth-order valence-corrected chi connectivity index (χ4v) is 5.54. The molecule has 0 amide bonds. The zero-order chi connectivity index (χ0) is 32.0. The first-order valence-electron chi connectivity index (χ1n) is 13.8. The van der Waals surface area contributed by atoms with Gasteiger partial charge in [0.05, 0.1) is 11.5 Å². The normalized spacial score (nSPS) is 10.3. The van der Waals surface area contributed by atoms with Gasteiger partial charge in [0, 0.05) is 9.79 Å². The number of hydrogen-bond acceptors (Lipinski definition) is 6. The molecule has 0 aliphatic rings. The van der Waals surface area contributed by atoms with E-state index >= 15 is 0 Å². The van der Waals surface area contributed by atoms with Crippen LogP contribution in [0.15, 0.2) is 137 Å². The molecule has 0 heterocycles. The highest BCUT2D eigenvalue weighted by atomic mass is 32.2. The van der Waals surface area contributed by atoms with Crippen molar-refractivity contribution in [2.45, 2.75) is 9.79 Å². The maximum atomic E-state index is 10.4. The molecule has 6 aromatic rings. The van der Waals surface area contributed by atoms with Gasteiger partial charge in [-0.1, -0.05) is 91.0 Å². The van der Waals surface area contributed by atoms with Crippen molar-refractivity contribution in [1.29, 1.82) is 0 Å². The molecule has 0 spiro atoms. The lowest BCUT2D eigenvalue weighted by atomic mass is 10.1. The third-order valence-electron chi connectivity index (χ3n) is 6.25. The molecule has 0 fully saturated rings. The van der Waals surface area contributed by atoms with Gasteiger partial charge in [-0.15, -0.1) is 23.5 Å². The Hall–Kier alpha value is -4.99. The fourth-order valence-electron chi connectivity index (χ4n) is 4.21. The zero-order valence-corrected chi connectivity index (χ0v) is 25.7. The van der Waals surface area contributed by atoms with Crippen molar-refractivity contribution in [3.05, 3.63) is 127 Å². The van der Waals surface area contributed by atoms with E-state index < -0.39 is 17.9 Å². The lowest BCUT2D eigenvalue weighted by Crippen LogP contribution is -2.09. The number of thioether (sulfide) groups is 2. The molecule has 0 aliphatic carbocycles. The van der Waals surface area contributed by atoms with Gasteiger partial charge in [0.25, 0.3) is 0 Å². The van der Waals surface area contributed by atoms with Crippen molar-refractivity contribution in [3.63, 3.8) is 0 Å². The summed E-state index contributed by atoms with van der Waals surface area (Å²) in [6.45, 7) is -0.307. The minimum Gasteiger partial charge on any atom is -0.482 e. The van der Waals surface area contributed by atoms with Crippen molar-refractivity contribution >= 4 is 73.7 Å². The molecule has 0 saturated carbocycles. The molecule has 0 radical (unpaired) electrons. The number of fused-ring (bicyclic) bond motifs is 3. The van der Waals surface area contributed by atoms with Gasteiger partial charge in [-0.3, -0.25) is 9.59 Å². The highest BCUT2D eigenvalue weighted by Gasteiger charge is 2.02. The predicted octanol–water partition coefficient (Wildman–Crippen LogP) is 8.34. The second-order valence-corrected chi connectivity index (χ2v) is 11.7. The number of benzene rings is 6. The van der Waals surface area contributed by atoms with Gasteiger partial charge in [0.1, 0.15) is 5.75 Å². The van der Waals surface area contributed by atoms with E-state index in [2.05, 4.69) is 0 Å². The largest absolute Gasteiger partial charge is 0.482 e. The molecular formula is C36H30O7S2. The lowest BCUT2D eigenvalue weighted by molar-refractivity contribution is -0.139. The maximum Gasteiger partial charge on any atom is 0.341 e. The zero-order valence-electron chi connectivity index (χ0n) is 24.0. The molecule has 0 atom stereocenters. The number of carboxylic acids is 3. The summed E-state index contributed by atoms with van der Waals surface area (Å²) < 4.78 is 5.08. The van der Waals surface area contributed by atoms with E-state index in [0.717, 1.165) is 31.3 Å². The average molecular weight is 639 g/mol. The summed E-state index contributed by atoms with van der Waals surface area (Å²) in [5, 5.41) is 32.4. The van der Waals surface area contributed by atoms with E-state index in [1.807, 2.05) is 121 Å². The second kappa shape index (κ2) is 16.7. The Labute approximate surface area is 268 Å². The van der Waals surface area contributed by atoms with E-state index in [4.69, 9.17) is 20.1 Å². The van der Waals surface area contributed by atoms with Gasteiger partial charge in [-0.2, -0.15) is 0 Å². The molecule has 0 aliphatic heterocycles. The van der Waals surface area contributed by atoms with Crippen LogP contribution in [0.1, 0.15) is 0 Å². The van der Waals surface area contributed by atoms with E-state index in [1.54, 1.807) is 6.07 Å². The molecule has 45 heavy (non-hydrogen) atoms. The van der Waals surface area contributed by atoms with Gasteiger partial charge in [0.2, 0.25) is 0 Å². The molecule has 0 bridgehead atoms. The number of ether oxygens (including phenoxy) is 1. The third-order valence-corrected chi connectivity index (χ3v) is 8.21. The summed E-state index contributed by atoms with van der Waals surface area (Å²) in [4.78, 5) is 33.1. The molecule has 6 aromatic carbocycles. The molecule has 9 heteroatoms. The Morgan fingerprint density at radius 3 is 1.24 bits per heavy atom. The fraction of sp³-hybridized carbons (Fsp3) is 0.0833. The van der Waals surface area contributed by atoms with Gasteiger partial charge in [-0.05, 0) is 68.7 Å². The van der Waals surface area contributed by atoms with Crippen molar-refractivity contribution in [2.75, 3.05) is 18.1 Å². The van der Waals surface area contributed by atoms with Crippen LogP contribution in [0.25, 0.3) is 32.3 Å². The van der Waals surface area contributed by atoms with Crippen LogP contribution in [-0.4, -0.2) is 51.3 Å². The molecule has 7 nitrogen and oxygen atoms in total. The Morgan fingerprint density at radius 1 is 0.467 bits per heavy atom. The van der Waals surface area contributed by atoms with Crippen molar-refractivity contribution < 1.29 is 34.4 Å². The Bertz CT molecular complexity index is 1700. The van der Waals surface area contributed by atoms with E-state index in [9.17, 15) is 14.4 Å². The summed E-state index contributed by atoms with van der Waals surface area (Å²) in [5.74, 6) is -1.74. The number of rotatable bonds is 9. The highest BCUT2D eigenvalue weighted by molar-refractivity contribution is 8.00. The van der Waals surface area contributed by atoms with Gasteiger partial charge >= 0.3 is 17.9 Å². The molecule has 0 aromatic heterocycles. The summed E-state index contributed by atoms with van der Waals surface area (Å²) in [6, 6.07) is 41.4. The molecule has 228 valence electrons. The number of carbonyl (C=O) groups is 3. The summed E-state index contributed by atoms with van der Waals surface area (Å²) in [5.41, 5.74) is 0. The standard InChI is InChI=1S/C12H10O3.2C12H10O2S/c3*13-12(14)8-15-11-6-5-9-3-1-2-4-10(9)7-11/h3*1-7H,8H2,(H,13,14). The van der Waals surface area contributed by atoms with Gasteiger partial charge < -0.3 is 20.1 Å². The molecule has 0 unspecified atom stereocenters. The van der Waals surface area contributed by atoms with Crippen LogP contribution < -0.4 is 4.74 Å². The lowest BCUT2D eigenvalue weighted by Gasteiger charge is -2.04. The van der Waals surface area contributed by atoms with E-state index in [-0.39, 0.29) is 18.1 Å². The molecule has 6 rings (SSSR count). The van der Waals surface area contributed by atoms with Crippen LogP contribution in [0.4, 0.5) is 0 Å². The SMILES string of the molecule is O=C(O)COc1ccc2ccccc2c1.O=C(O)CSc1ccc2ccccc2c1.O=C(O)CSc1ccc2ccccc2c1.